The number of halogens is 2. The second-order valence-corrected chi connectivity index (χ2v) is 6.22. The Morgan fingerprint density at radius 1 is 1.05 bits per heavy atom. The van der Waals surface area contributed by atoms with Gasteiger partial charge in [0, 0.05) is 35.1 Å². The Bertz CT molecular complexity index is 821. The summed E-state index contributed by atoms with van der Waals surface area (Å²) in [7, 11) is 0. The van der Waals surface area contributed by atoms with E-state index in [1.165, 1.54) is 28.8 Å². The van der Waals surface area contributed by atoms with E-state index in [1.54, 1.807) is 0 Å². The van der Waals surface area contributed by atoms with Crippen molar-refractivity contribution in [3.05, 3.63) is 57.9 Å². The summed E-state index contributed by atoms with van der Waals surface area (Å²) < 4.78 is 14.2. The van der Waals surface area contributed by atoms with Gasteiger partial charge in [-0.15, -0.1) is 0 Å². The largest absolute Gasteiger partial charge is 0.357 e. The lowest BCUT2D eigenvalue weighted by Crippen LogP contribution is -2.22. The van der Waals surface area contributed by atoms with E-state index < -0.39 is 0 Å². The lowest BCUT2D eigenvalue weighted by Gasteiger charge is -2.14. The number of hydrogen-bond donors (Lipinski definition) is 2. The fourth-order valence-corrected chi connectivity index (χ4v) is 3.52. The third-order valence-corrected chi connectivity index (χ3v) is 4.77. The van der Waals surface area contributed by atoms with E-state index in [9.17, 15) is 4.39 Å². The van der Waals surface area contributed by atoms with Gasteiger partial charge in [0.05, 0.1) is 5.52 Å². The van der Waals surface area contributed by atoms with Gasteiger partial charge in [0.25, 0.3) is 0 Å². The zero-order valence-corrected chi connectivity index (χ0v) is 12.9. The van der Waals surface area contributed by atoms with Crippen LogP contribution in [0.2, 0.25) is 0 Å². The van der Waals surface area contributed by atoms with Gasteiger partial charge in [-0.05, 0) is 50.8 Å². The van der Waals surface area contributed by atoms with Gasteiger partial charge in [-0.3, -0.25) is 0 Å². The smallest absolute Gasteiger partial charge is 0.123 e. The molecule has 0 saturated heterocycles. The van der Waals surface area contributed by atoms with Crippen LogP contribution >= 0.6 is 15.9 Å². The van der Waals surface area contributed by atoms with Crippen molar-refractivity contribution >= 4 is 26.8 Å². The minimum Gasteiger partial charge on any atom is -0.357 e. The molecule has 0 fully saturated rings. The molecule has 0 aliphatic carbocycles. The van der Waals surface area contributed by atoms with Crippen LogP contribution in [0.5, 0.6) is 0 Å². The minimum atomic E-state index is -0.204. The quantitative estimate of drug-likeness (QED) is 0.673. The Labute approximate surface area is 130 Å². The molecule has 0 radical (unpaired) electrons. The van der Waals surface area contributed by atoms with Crippen LogP contribution in [-0.4, -0.2) is 11.5 Å². The normalized spacial score (nSPS) is 14.4. The third kappa shape index (κ3) is 2.10. The predicted octanol–water partition coefficient (Wildman–Crippen LogP) is 4.38. The molecular formula is C17H14BrFN2. The van der Waals surface area contributed by atoms with Gasteiger partial charge in [0.1, 0.15) is 5.82 Å². The van der Waals surface area contributed by atoms with Crippen molar-refractivity contribution in [2.45, 2.75) is 13.0 Å². The lowest BCUT2D eigenvalue weighted by molar-refractivity contribution is 0.628. The number of hydrogen-bond acceptors (Lipinski definition) is 1. The predicted molar refractivity (Wildman–Crippen MR) is 86.8 cm³/mol. The van der Waals surface area contributed by atoms with Gasteiger partial charge in [0.2, 0.25) is 0 Å². The van der Waals surface area contributed by atoms with Crippen LogP contribution in [0.3, 0.4) is 0 Å². The maximum atomic E-state index is 13.2. The highest BCUT2D eigenvalue weighted by atomic mass is 79.9. The van der Waals surface area contributed by atoms with E-state index in [-0.39, 0.29) is 5.82 Å². The number of aromatic amines is 1. The molecule has 106 valence electrons. The highest BCUT2D eigenvalue weighted by Crippen LogP contribution is 2.37. The molecule has 2 N–H and O–H groups in total. The molecule has 2 nitrogen and oxygen atoms in total. The van der Waals surface area contributed by atoms with Gasteiger partial charge in [0.15, 0.2) is 0 Å². The Balaban J connectivity index is 2.03. The van der Waals surface area contributed by atoms with Crippen molar-refractivity contribution < 1.29 is 4.39 Å². The Morgan fingerprint density at radius 2 is 1.86 bits per heavy atom. The van der Waals surface area contributed by atoms with Crippen LogP contribution in [0.1, 0.15) is 11.3 Å². The van der Waals surface area contributed by atoms with E-state index in [2.05, 4.69) is 38.4 Å². The molecule has 0 spiro atoms. The van der Waals surface area contributed by atoms with Gasteiger partial charge in [-0.1, -0.05) is 18.2 Å². The summed E-state index contributed by atoms with van der Waals surface area (Å²) >= 11 is 3.63. The standard InChI is InChI=1S/C17H14BrFN2/c18-14-6-5-12(10-1-3-11(19)4-2-10)16-13-9-20-8-7-15(13)21-17(14)16/h1-6,20-21H,7-9H2. The molecule has 0 saturated carbocycles. The second-order valence-electron chi connectivity index (χ2n) is 5.36. The van der Waals surface area contributed by atoms with Gasteiger partial charge >= 0.3 is 0 Å². The van der Waals surface area contributed by atoms with Crippen LogP contribution in [0.4, 0.5) is 4.39 Å². The minimum absolute atomic E-state index is 0.204. The van der Waals surface area contributed by atoms with Crippen LogP contribution in [-0.2, 0) is 13.0 Å². The zero-order valence-electron chi connectivity index (χ0n) is 11.3. The molecule has 1 aromatic heterocycles. The van der Waals surface area contributed by atoms with Crippen LogP contribution < -0.4 is 5.32 Å². The molecule has 0 amide bonds. The summed E-state index contributed by atoms with van der Waals surface area (Å²) in [5.41, 5.74) is 5.96. The first-order valence-corrected chi connectivity index (χ1v) is 7.82. The van der Waals surface area contributed by atoms with Crippen molar-refractivity contribution in [3.8, 4) is 11.1 Å². The zero-order chi connectivity index (χ0) is 14.4. The van der Waals surface area contributed by atoms with Crippen LogP contribution in [0.15, 0.2) is 40.9 Å². The maximum Gasteiger partial charge on any atom is 0.123 e. The first-order valence-electron chi connectivity index (χ1n) is 7.02. The van der Waals surface area contributed by atoms with Crippen LogP contribution in [0.25, 0.3) is 22.0 Å². The average Bonchev–Trinajstić information content (AvgIpc) is 2.90. The van der Waals surface area contributed by atoms with Crippen molar-refractivity contribution in [2.24, 2.45) is 0 Å². The summed E-state index contributed by atoms with van der Waals surface area (Å²) in [6.45, 7) is 1.88. The lowest BCUT2D eigenvalue weighted by atomic mass is 9.97. The summed E-state index contributed by atoms with van der Waals surface area (Å²) in [6.07, 6.45) is 1.01. The topological polar surface area (TPSA) is 27.8 Å². The number of nitrogens with one attached hydrogen (secondary N) is 2. The molecule has 1 aliphatic rings. The molecular weight excluding hydrogens is 331 g/mol. The van der Waals surface area contributed by atoms with Gasteiger partial charge in [-0.25, -0.2) is 4.39 Å². The molecule has 0 atom stereocenters. The molecule has 1 aliphatic heterocycles. The maximum absolute atomic E-state index is 13.2. The molecule has 0 bridgehead atoms. The number of rotatable bonds is 1. The van der Waals surface area contributed by atoms with E-state index in [4.69, 9.17) is 0 Å². The van der Waals surface area contributed by atoms with E-state index in [1.807, 2.05) is 12.1 Å². The Morgan fingerprint density at radius 3 is 2.67 bits per heavy atom. The van der Waals surface area contributed by atoms with E-state index >= 15 is 0 Å². The fraction of sp³-hybridized carbons (Fsp3) is 0.176. The molecule has 3 aromatic rings. The van der Waals surface area contributed by atoms with Crippen molar-refractivity contribution in [1.82, 2.24) is 10.3 Å². The Kier molecular flexibility index (Phi) is 3.08. The number of fused-ring (bicyclic) bond motifs is 3. The molecule has 2 heterocycles. The van der Waals surface area contributed by atoms with E-state index in [0.29, 0.717) is 0 Å². The second kappa shape index (κ2) is 4.97. The molecule has 2 aromatic carbocycles. The SMILES string of the molecule is Fc1ccc(-c2ccc(Br)c3[nH]c4c(c23)CNCC4)cc1. The summed E-state index contributed by atoms with van der Waals surface area (Å²) in [5, 5.41) is 4.67. The average molecular weight is 345 g/mol. The summed E-state index contributed by atoms with van der Waals surface area (Å²) in [5.74, 6) is -0.204. The molecule has 21 heavy (non-hydrogen) atoms. The summed E-state index contributed by atoms with van der Waals surface area (Å²) in [4.78, 5) is 3.54. The van der Waals surface area contributed by atoms with Crippen molar-refractivity contribution in [1.29, 1.82) is 0 Å². The first kappa shape index (κ1) is 13.0. The highest BCUT2D eigenvalue weighted by molar-refractivity contribution is 9.10. The van der Waals surface area contributed by atoms with E-state index in [0.717, 1.165) is 40.6 Å². The summed E-state index contributed by atoms with van der Waals surface area (Å²) in [6, 6.07) is 10.9. The van der Waals surface area contributed by atoms with Crippen molar-refractivity contribution in [3.63, 3.8) is 0 Å². The molecule has 4 rings (SSSR count). The number of aromatic nitrogens is 1. The van der Waals surface area contributed by atoms with Gasteiger partial charge in [-0.2, -0.15) is 0 Å². The highest BCUT2D eigenvalue weighted by Gasteiger charge is 2.19. The van der Waals surface area contributed by atoms with Crippen LogP contribution in [0, 0.1) is 5.82 Å². The monoisotopic (exact) mass is 344 g/mol. The molecule has 0 unspecified atom stereocenters. The Hall–Kier alpha value is -1.65. The molecule has 4 heteroatoms. The fourth-order valence-electron chi connectivity index (χ4n) is 3.10. The van der Waals surface area contributed by atoms with Crippen molar-refractivity contribution in [2.75, 3.05) is 6.54 Å². The third-order valence-electron chi connectivity index (χ3n) is 4.11. The number of H-pyrrole nitrogens is 1. The first-order chi connectivity index (χ1) is 10.2. The van der Waals surface area contributed by atoms with Gasteiger partial charge < -0.3 is 10.3 Å². The number of benzene rings is 2.